The highest BCUT2D eigenvalue weighted by molar-refractivity contribution is 6.22. The first-order valence-electron chi connectivity index (χ1n) is 11.4. The predicted molar refractivity (Wildman–Crippen MR) is 143 cm³/mol. The van der Waals surface area contributed by atoms with E-state index in [0.717, 1.165) is 38.6 Å². The maximum Gasteiger partial charge on any atom is 0.131 e. The van der Waals surface area contributed by atoms with E-state index >= 15 is 0 Å². The Hall–Kier alpha value is -4.90. The number of nitrogens with zero attached hydrogens (tertiary/aromatic N) is 1. The minimum Gasteiger partial charge on any atom is -0.507 e. The van der Waals surface area contributed by atoms with E-state index in [1.807, 2.05) is 78.9 Å². The topological polar surface area (TPSA) is 84.8 Å². The SMILES string of the molecule is N=C(c1ccccc1Nc1cccc(-c2ccccc2O)n1)c1cccc2c1[nH]c1ccccc12. The van der Waals surface area contributed by atoms with Crippen LogP contribution in [0.1, 0.15) is 11.1 Å². The molecule has 0 unspecified atom stereocenters. The summed E-state index contributed by atoms with van der Waals surface area (Å²) in [6.07, 6.45) is 0. The summed E-state index contributed by atoms with van der Waals surface area (Å²) in [4.78, 5) is 8.20. The fourth-order valence-electron chi connectivity index (χ4n) is 4.52. The van der Waals surface area contributed by atoms with Crippen molar-refractivity contribution in [2.45, 2.75) is 0 Å². The van der Waals surface area contributed by atoms with Crippen LogP contribution in [0.3, 0.4) is 0 Å². The van der Waals surface area contributed by atoms with Crippen LogP contribution >= 0.6 is 0 Å². The van der Waals surface area contributed by atoms with Crippen molar-refractivity contribution in [3.63, 3.8) is 0 Å². The average Bonchev–Trinajstić information content (AvgIpc) is 3.28. The van der Waals surface area contributed by atoms with Crippen LogP contribution in [0.25, 0.3) is 33.1 Å². The number of aromatic amines is 1. The van der Waals surface area contributed by atoms with Gasteiger partial charge in [-0.25, -0.2) is 4.98 Å². The molecule has 5 nitrogen and oxygen atoms in total. The van der Waals surface area contributed by atoms with Crippen molar-refractivity contribution in [1.29, 1.82) is 5.41 Å². The van der Waals surface area contributed by atoms with Gasteiger partial charge in [-0.05, 0) is 36.4 Å². The standard InChI is InChI=1S/C30H22N4O/c31-29(23-13-7-12-20-19-9-1-4-14-24(19)34-30(20)23)22-11-2-5-15-26(22)33-28-18-8-16-25(32-28)21-10-3-6-17-27(21)35/h1-18,31,34-35H,(H,32,33). The number of hydrogen-bond donors (Lipinski definition) is 4. The Balaban J connectivity index is 1.39. The summed E-state index contributed by atoms with van der Waals surface area (Å²) in [5, 5.41) is 25.0. The van der Waals surface area contributed by atoms with Gasteiger partial charge < -0.3 is 15.4 Å². The molecule has 0 fully saturated rings. The lowest BCUT2D eigenvalue weighted by atomic mass is 9.98. The third-order valence-corrected chi connectivity index (χ3v) is 6.20. The van der Waals surface area contributed by atoms with Crippen molar-refractivity contribution in [2.24, 2.45) is 0 Å². The molecule has 168 valence electrons. The molecule has 0 bridgehead atoms. The maximum absolute atomic E-state index is 10.2. The van der Waals surface area contributed by atoms with Crippen molar-refractivity contribution >= 4 is 39.0 Å². The number of para-hydroxylation sites is 4. The largest absolute Gasteiger partial charge is 0.507 e. The minimum absolute atomic E-state index is 0.186. The van der Waals surface area contributed by atoms with Crippen molar-refractivity contribution in [3.8, 4) is 17.0 Å². The monoisotopic (exact) mass is 454 g/mol. The van der Waals surface area contributed by atoms with Gasteiger partial charge in [0.1, 0.15) is 11.6 Å². The lowest BCUT2D eigenvalue weighted by Gasteiger charge is -2.14. The number of phenolic OH excluding ortho intramolecular Hbond substituents is 1. The number of fused-ring (bicyclic) bond motifs is 3. The number of pyridine rings is 1. The number of benzene rings is 4. The average molecular weight is 455 g/mol. The lowest BCUT2D eigenvalue weighted by Crippen LogP contribution is -2.07. The van der Waals surface area contributed by atoms with E-state index in [4.69, 9.17) is 10.4 Å². The molecule has 0 aliphatic rings. The van der Waals surface area contributed by atoms with E-state index in [0.29, 0.717) is 22.8 Å². The van der Waals surface area contributed by atoms with Crippen LogP contribution in [0.4, 0.5) is 11.5 Å². The molecule has 0 aliphatic carbocycles. The van der Waals surface area contributed by atoms with Gasteiger partial charge in [-0.2, -0.15) is 0 Å². The van der Waals surface area contributed by atoms with Crippen LogP contribution in [0.5, 0.6) is 5.75 Å². The first-order chi connectivity index (χ1) is 17.2. The van der Waals surface area contributed by atoms with E-state index in [-0.39, 0.29) is 5.75 Å². The fraction of sp³-hybridized carbons (Fsp3) is 0. The Kier molecular flexibility index (Phi) is 5.00. The van der Waals surface area contributed by atoms with E-state index < -0.39 is 0 Å². The van der Waals surface area contributed by atoms with Gasteiger partial charge in [-0.3, -0.25) is 5.41 Å². The van der Waals surface area contributed by atoms with Gasteiger partial charge in [0, 0.05) is 38.7 Å². The zero-order valence-electron chi connectivity index (χ0n) is 18.8. The summed E-state index contributed by atoms with van der Waals surface area (Å²) < 4.78 is 0. The number of H-pyrrole nitrogens is 1. The van der Waals surface area contributed by atoms with Gasteiger partial charge in [0.25, 0.3) is 0 Å². The summed E-state index contributed by atoms with van der Waals surface area (Å²) in [5.41, 5.74) is 6.16. The van der Waals surface area contributed by atoms with Crippen LogP contribution in [0, 0.1) is 5.41 Å². The molecular weight excluding hydrogens is 432 g/mol. The quantitative estimate of drug-likeness (QED) is 0.207. The Morgan fingerprint density at radius 3 is 2.34 bits per heavy atom. The van der Waals surface area contributed by atoms with Crippen LogP contribution in [0.2, 0.25) is 0 Å². The Morgan fingerprint density at radius 1 is 0.714 bits per heavy atom. The van der Waals surface area contributed by atoms with Crippen molar-refractivity contribution in [1.82, 2.24) is 9.97 Å². The second-order valence-corrected chi connectivity index (χ2v) is 8.37. The molecule has 5 heteroatoms. The molecule has 2 heterocycles. The Morgan fingerprint density at radius 2 is 1.43 bits per heavy atom. The van der Waals surface area contributed by atoms with E-state index in [9.17, 15) is 5.11 Å². The number of phenols is 1. The molecule has 0 saturated heterocycles. The summed E-state index contributed by atoms with van der Waals surface area (Å²) in [7, 11) is 0. The van der Waals surface area contributed by atoms with Gasteiger partial charge in [-0.1, -0.05) is 72.8 Å². The van der Waals surface area contributed by atoms with Gasteiger partial charge in [0.05, 0.1) is 16.9 Å². The second kappa shape index (κ2) is 8.47. The van der Waals surface area contributed by atoms with Gasteiger partial charge >= 0.3 is 0 Å². The third-order valence-electron chi connectivity index (χ3n) is 6.20. The van der Waals surface area contributed by atoms with E-state index in [1.165, 1.54) is 0 Å². The predicted octanol–water partition coefficient (Wildman–Crippen LogP) is 7.25. The smallest absolute Gasteiger partial charge is 0.131 e. The van der Waals surface area contributed by atoms with E-state index in [1.54, 1.807) is 12.1 Å². The highest BCUT2D eigenvalue weighted by atomic mass is 16.3. The lowest BCUT2D eigenvalue weighted by molar-refractivity contribution is 0.477. The van der Waals surface area contributed by atoms with Crippen LogP contribution < -0.4 is 5.32 Å². The summed E-state index contributed by atoms with van der Waals surface area (Å²) >= 11 is 0. The van der Waals surface area contributed by atoms with Crippen molar-refractivity contribution in [2.75, 3.05) is 5.32 Å². The van der Waals surface area contributed by atoms with Gasteiger partial charge in [-0.15, -0.1) is 0 Å². The number of aromatic hydroxyl groups is 1. The number of nitrogens with one attached hydrogen (secondary N) is 3. The summed E-state index contributed by atoms with van der Waals surface area (Å²) in [5.74, 6) is 0.820. The molecule has 4 N–H and O–H groups in total. The molecule has 0 aliphatic heterocycles. The molecule has 0 atom stereocenters. The first kappa shape index (κ1) is 20.7. The van der Waals surface area contributed by atoms with Crippen LogP contribution in [-0.2, 0) is 0 Å². The number of aromatic nitrogens is 2. The number of rotatable bonds is 5. The normalized spacial score (nSPS) is 11.1. The number of hydrogen-bond acceptors (Lipinski definition) is 4. The highest BCUT2D eigenvalue weighted by Crippen LogP contribution is 2.32. The van der Waals surface area contributed by atoms with Crippen molar-refractivity contribution < 1.29 is 5.11 Å². The second-order valence-electron chi connectivity index (χ2n) is 8.37. The van der Waals surface area contributed by atoms with Gasteiger partial charge in [0.2, 0.25) is 0 Å². The number of anilines is 2. The molecule has 4 aromatic carbocycles. The van der Waals surface area contributed by atoms with Crippen molar-refractivity contribution in [3.05, 3.63) is 120 Å². The first-order valence-corrected chi connectivity index (χ1v) is 11.4. The van der Waals surface area contributed by atoms with Crippen LogP contribution in [-0.4, -0.2) is 20.8 Å². The third kappa shape index (κ3) is 3.69. The maximum atomic E-state index is 10.2. The molecule has 0 amide bonds. The van der Waals surface area contributed by atoms with Gasteiger partial charge in [0.15, 0.2) is 0 Å². The summed E-state index contributed by atoms with van der Waals surface area (Å²) in [6.45, 7) is 0. The van der Waals surface area contributed by atoms with Crippen LogP contribution in [0.15, 0.2) is 109 Å². The molecule has 0 spiro atoms. The van der Waals surface area contributed by atoms with E-state index in [2.05, 4.69) is 28.5 Å². The Labute approximate surface area is 202 Å². The Bertz CT molecular complexity index is 1720. The zero-order valence-corrected chi connectivity index (χ0v) is 18.8. The zero-order chi connectivity index (χ0) is 23.8. The molecule has 35 heavy (non-hydrogen) atoms. The molecule has 0 radical (unpaired) electrons. The molecular formula is C30H22N4O. The summed E-state index contributed by atoms with van der Waals surface area (Å²) in [6, 6.07) is 34.8. The molecule has 6 rings (SSSR count). The fourth-order valence-corrected chi connectivity index (χ4v) is 4.52. The molecule has 0 saturated carbocycles. The molecule has 6 aromatic rings. The highest BCUT2D eigenvalue weighted by Gasteiger charge is 2.16. The molecule has 2 aromatic heterocycles. The minimum atomic E-state index is 0.186.